The Hall–Kier alpha value is -0.270. The van der Waals surface area contributed by atoms with Crippen molar-refractivity contribution in [3.05, 3.63) is 0 Å². The molecule has 0 rings (SSSR count). The van der Waals surface area contributed by atoms with E-state index in [9.17, 15) is 13.2 Å². The first kappa shape index (κ1) is 13.7. The minimum Gasteiger partial charge on any atom is -0.468 e. The maximum atomic E-state index is 10.8. The smallest absolute Gasteiger partial charge is 0.323 e. The van der Waals surface area contributed by atoms with Crippen molar-refractivity contribution in [2.45, 2.75) is 6.04 Å². The second-order valence-corrected chi connectivity index (χ2v) is 6.24. The molecule has 0 aromatic carbocycles. The van der Waals surface area contributed by atoms with E-state index in [1.165, 1.54) is 25.1 Å². The van der Waals surface area contributed by atoms with Crippen molar-refractivity contribution in [3.8, 4) is 0 Å². The molecule has 0 saturated carbocycles. The number of esters is 1. The fourth-order valence-corrected chi connectivity index (χ4v) is 2.88. The molecule has 84 valence electrons. The first-order valence-corrected chi connectivity index (χ1v) is 7.17. The number of carbonyl (C=O) groups is 1. The van der Waals surface area contributed by atoms with Crippen molar-refractivity contribution in [2.75, 3.05) is 30.6 Å². The summed E-state index contributed by atoms with van der Waals surface area (Å²) in [7, 11) is -1.66. The SMILES string of the molecule is COC(=O)C(N)CSCCS(C)(=O)=O. The molecule has 0 aromatic rings. The van der Waals surface area contributed by atoms with Crippen LogP contribution in [0.5, 0.6) is 0 Å². The Morgan fingerprint density at radius 1 is 1.57 bits per heavy atom. The second kappa shape index (κ2) is 6.26. The molecule has 14 heavy (non-hydrogen) atoms. The molecule has 0 heterocycles. The summed E-state index contributed by atoms with van der Waals surface area (Å²) in [6, 6.07) is -0.676. The van der Waals surface area contributed by atoms with Crippen LogP contribution in [0.1, 0.15) is 0 Å². The van der Waals surface area contributed by atoms with Crippen molar-refractivity contribution in [2.24, 2.45) is 5.73 Å². The number of methoxy groups -OCH3 is 1. The number of thioether (sulfide) groups is 1. The quantitative estimate of drug-likeness (QED) is 0.487. The molecule has 0 radical (unpaired) electrons. The highest BCUT2D eigenvalue weighted by molar-refractivity contribution is 8.00. The summed E-state index contributed by atoms with van der Waals surface area (Å²) in [5.41, 5.74) is 5.43. The number of rotatable bonds is 6. The molecular weight excluding hydrogens is 226 g/mol. The number of carbonyl (C=O) groups excluding carboxylic acids is 1. The maximum absolute atomic E-state index is 10.8. The zero-order valence-electron chi connectivity index (χ0n) is 8.23. The molecule has 0 spiro atoms. The van der Waals surface area contributed by atoms with E-state index in [2.05, 4.69) is 4.74 Å². The zero-order chi connectivity index (χ0) is 11.2. The van der Waals surface area contributed by atoms with Crippen LogP contribution < -0.4 is 5.73 Å². The topological polar surface area (TPSA) is 86.5 Å². The van der Waals surface area contributed by atoms with Crippen molar-refractivity contribution in [1.29, 1.82) is 0 Å². The van der Waals surface area contributed by atoms with Crippen LogP contribution in [0, 0.1) is 0 Å². The van der Waals surface area contributed by atoms with Gasteiger partial charge < -0.3 is 10.5 Å². The molecular formula is C7H15NO4S2. The molecule has 5 nitrogen and oxygen atoms in total. The van der Waals surface area contributed by atoms with Gasteiger partial charge in [-0.05, 0) is 0 Å². The summed E-state index contributed by atoms with van der Waals surface area (Å²) in [5, 5.41) is 0. The van der Waals surface area contributed by atoms with E-state index >= 15 is 0 Å². The largest absolute Gasteiger partial charge is 0.468 e. The number of nitrogens with two attached hydrogens (primary N) is 1. The molecule has 2 N–H and O–H groups in total. The summed E-state index contributed by atoms with van der Waals surface area (Å²) in [6.45, 7) is 0. The lowest BCUT2D eigenvalue weighted by atomic mass is 10.4. The van der Waals surface area contributed by atoms with Gasteiger partial charge in [0.25, 0.3) is 0 Å². The highest BCUT2D eigenvalue weighted by Crippen LogP contribution is 2.03. The number of sulfone groups is 1. The molecule has 0 aliphatic rings. The molecule has 0 aliphatic heterocycles. The van der Waals surface area contributed by atoms with Crippen LogP contribution in [0.25, 0.3) is 0 Å². The summed E-state index contributed by atoms with van der Waals surface area (Å²) < 4.78 is 25.9. The van der Waals surface area contributed by atoms with Crippen LogP contribution in [-0.2, 0) is 19.4 Å². The van der Waals surface area contributed by atoms with Crippen LogP contribution in [0.4, 0.5) is 0 Å². The van der Waals surface area contributed by atoms with Gasteiger partial charge in [0.15, 0.2) is 0 Å². The molecule has 0 aliphatic carbocycles. The number of hydrogen-bond acceptors (Lipinski definition) is 6. The van der Waals surface area contributed by atoms with Crippen LogP contribution in [-0.4, -0.2) is 51.1 Å². The Bertz CT molecular complexity index is 275. The molecule has 0 saturated heterocycles. The van der Waals surface area contributed by atoms with E-state index in [1.54, 1.807) is 0 Å². The summed E-state index contributed by atoms with van der Waals surface area (Å²) in [4.78, 5) is 10.8. The number of ether oxygens (including phenoxy) is 1. The van der Waals surface area contributed by atoms with Crippen molar-refractivity contribution in [1.82, 2.24) is 0 Å². The van der Waals surface area contributed by atoms with Gasteiger partial charge in [-0.3, -0.25) is 4.79 Å². The van der Waals surface area contributed by atoms with Gasteiger partial charge in [-0.1, -0.05) is 0 Å². The van der Waals surface area contributed by atoms with Gasteiger partial charge in [0.1, 0.15) is 15.9 Å². The fraction of sp³-hybridized carbons (Fsp3) is 0.857. The van der Waals surface area contributed by atoms with E-state index in [1.807, 2.05) is 0 Å². The molecule has 0 bridgehead atoms. The highest BCUT2D eigenvalue weighted by atomic mass is 32.2. The monoisotopic (exact) mass is 241 g/mol. The summed E-state index contributed by atoms with van der Waals surface area (Å²) >= 11 is 1.33. The van der Waals surface area contributed by atoms with Crippen molar-refractivity contribution in [3.63, 3.8) is 0 Å². The van der Waals surface area contributed by atoms with Gasteiger partial charge in [0.2, 0.25) is 0 Å². The van der Waals surface area contributed by atoms with Gasteiger partial charge in [-0.2, -0.15) is 11.8 Å². The fourth-order valence-electron chi connectivity index (χ4n) is 0.640. The highest BCUT2D eigenvalue weighted by Gasteiger charge is 2.13. The average Bonchev–Trinajstić information content (AvgIpc) is 2.09. The first-order valence-electron chi connectivity index (χ1n) is 3.95. The maximum Gasteiger partial charge on any atom is 0.323 e. The summed E-state index contributed by atoms with van der Waals surface area (Å²) in [6.07, 6.45) is 1.17. The Kier molecular flexibility index (Phi) is 6.14. The first-order chi connectivity index (χ1) is 6.37. The Labute approximate surface area is 88.3 Å². The molecule has 0 fully saturated rings. The van der Waals surface area contributed by atoms with Gasteiger partial charge in [0, 0.05) is 17.8 Å². The molecule has 1 atom stereocenters. The predicted octanol–water partition coefficient (Wildman–Crippen LogP) is -0.735. The van der Waals surface area contributed by atoms with Crippen LogP contribution in [0.15, 0.2) is 0 Å². The lowest BCUT2D eigenvalue weighted by Crippen LogP contribution is -2.34. The van der Waals surface area contributed by atoms with E-state index < -0.39 is 21.8 Å². The van der Waals surface area contributed by atoms with Gasteiger partial charge in [0.05, 0.1) is 12.9 Å². The molecule has 1 unspecified atom stereocenters. The van der Waals surface area contributed by atoms with E-state index in [0.29, 0.717) is 11.5 Å². The third kappa shape index (κ3) is 7.16. The third-order valence-electron chi connectivity index (χ3n) is 1.40. The van der Waals surface area contributed by atoms with Gasteiger partial charge in [-0.15, -0.1) is 0 Å². The Morgan fingerprint density at radius 3 is 2.57 bits per heavy atom. The minimum atomic E-state index is -2.93. The van der Waals surface area contributed by atoms with Gasteiger partial charge in [-0.25, -0.2) is 8.42 Å². The van der Waals surface area contributed by atoms with Crippen molar-refractivity contribution < 1.29 is 17.9 Å². The van der Waals surface area contributed by atoms with Crippen LogP contribution in [0.3, 0.4) is 0 Å². The standard InChI is InChI=1S/C7H15NO4S2/c1-12-7(9)6(8)5-13-3-4-14(2,10)11/h6H,3-5,8H2,1-2H3. The lowest BCUT2D eigenvalue weighted by Gasteiger charge is -2.07. The molecule has 7 heteroatoms. The van der Waals surface area contributed by atoms with E-state index in [-0.39, 0.29) is 5.75 Å². The van der Waals surface area contributed by atoms with Crippen LogP contribution in [0.2, 0.25) is 0 Å². The lowest BCUT2D eigenvalue weighted by molar-refractivity contribution is -0.141. The molecule has 0 amide bonds. The van der Waals surface area contributed by atoms with Gasteiger partial charge >= 0.3 is 5.97 Å². The Balaban J connectivity index is 3.60. The molecule has 0 aromatic heterocycles. The van der Waals surface area contributed by atoms with Crippen LogP contribution >= 0.6 is 11.8 Å². The minimum absolute atomic E-state index is 0.103. The normalized spacial score (nSPS) is 13.6. The Morgan fingerprint density at radius 2 is 2.14 bits per heavy atom. The summed E-state index contributed by atoms with van der Waals surface area (Å²) in [5.74, 6) is 0.453. The number of hydrogen-bond donors (Lipinski definition) is 1. The van der Waals surface area contributed by atoms with E-state index in [4.69, 9.17) is 5.73 Å². The van der Waals surface area contributed by atoms with Crippen molar-refractivity contribution >= 4 is 27.6 Å². The predicted molar refractivity (Wildman–Crippen MR) is 57.0 cm³/mol. The third-order valence-corrected chi connectivity index (χ3v) is 3.69. The average molecular weight is 241 g/mol. The zero-order valence-corrected chi connectivity index (χ0v) is 9.86. The van der Waals surface area contributed by atoms with E-state index in [0.717, 1.165) is 0 Å². The second-order valence-electron chi connectivity index (χ2n) is 2.83.